The van der Waals surface area contributed by atoms with Gasteiger partial charge in [0.05, 0.1) is 0 Å². The van der Waals surface area contributed by atoms with Crippen LogP contribution in [0.4, 0.5) is 5.82 Å². The van der Waals surface area contributed by atoms with Gasteiger partial charge in [-0.05, 0) is 80.2 Å². The maximum absolute atomic E-state index is 13.2. The van der Waals surface area contributed by atoms with Crippen molar-refractivity contribution in [1.82, 2.24) is 19.6 Å². The Morgan fingerprint density at radius 1 is 1.12 bits per heavy atom. The van der Waals surface area contributed by atoms with E-state index >= 15 is 0 Å². The predicted octanol–water partition coefficient (Wildman–Crippen LogP) is 4.09. The lowest BCUT2D eigenvalue weighted by Gasteiger charge is -2.56. The molecular formula is C27H37N5O2. The van der Waals surface area contributed by atoms with Crippen molar-refractivity contribution in [3.05, 3.63) is 30.1 Å². The first-order valence-corrected chi connectivity index (χ1v) is 13.2. The van der Waals surface area contributed by atoms with Crippen LogP contribution in [0, 0.1) is 23.2 Å². The molecule has 34 heavy (non-hydrogen) atoms. The Balaban J connectivity index is 1.15. The third-order valence-corrected chi connectivity index (χ3v) is 8.72. The van der Waals surface area contributed by atoms with E-state index in [9.17, 15) is 9.59 Å². The second kappa shape index (κ2) is 8.36. The first kappa shape index (κ1) is 22.1. The summed E-state index contributed by atoms with van der Waals surface area (Å²) in [6.07, 6.45) is 11.2. The zero-order valence-corrected chi connectivity index (χ0v) is 20.4. The first-order valence-electron chi connectivity index (χ1n) is 13.2. The van der Waals surface area contributed by atoms with Crippen LogP contribution < -0.4 is 10.6 Å². The van der Waals surface area contributed by atoms with E-state index in [4.69, 9.17) is 0 Å². The molecule has 0 radical (unpaired) electrons. The highest BCUT2D eigenvalue weighted by atomic mass is 16.2. The molecule has 2 aromatic heterocycles. The monoisotopic (exact) mass is 463 g/mol. The number of amides is 2. The lowest BCUT2D eigenvalue weighted by atomic mass is 9.49. The number of hydrogen-bond donors (Lipinski definition) is 2. The molecule has 7 rings (SSSR count). The number of nitrogens with zero attached hydrogens (tertiary/aromatic N) is 3. The number of fused-ring (bicyclic) bond motifs is 1. The van der Waals surface area contributed by atoms with E-state index in [2.05, 4.69) is 29.5 Å². The van der Waals surface area contributed by atoms with Gasteiger partial charge in [0.15, 0.2) is 0 Å². The van der Waals surface area contributed by atoms with Crippen LogP contribution in [0.5, 0.6) is 0 Å². The largest absolute Gasteiger partial charge is 0.336 e. The topological polar surface area (TPSA) is 78.7 Å². The minimum absolute atomic E-state index is 0.0393. The number of nitrogens with one attached hydrogen (secondary N) is 2. The number of carbonyl (C=O) groups excluding carboxylic acids is 2. The van der Waals surface area contributed by atoms with Gasteiger partial charge in [-0.15, -0.1) is 0 Å². The number of imidazole rings is 1. The number of anilines is 1. The van der Waals surface area contributed by atoms with Gasteiger partial charge in [-0.3, -0.25) is 14.0 Å². The Morgan fingerprint density at radius 2 is 1.82 bits per heavy atom. The minimum Gasteiger partial charge on any atom is -0.336 e. The van der Waals surface area contributed by atoms with Crippen molar-refractivity contribution in [3.63, 3.8) is 0 Å². The molecule has 3 heterocycles. The highest BCUT2D eigenvalue weighted by Crippen LogP contribution is 2.61. The van der Waals surface area contributed by atoms with Gasteiger partial charge in [-0.1, -0.05) is 19.9 Å². The normalized spacial score (nSPS) is 32.1. The van der Waals surface area contributed by atoms with Gasteiger partial charge in [-0.25, -0.2) is 4.98 Å². The van der Waals surface area contributed by atoms with Crippen molar-refractivity contribution < 1.29 is 9.59 Å². The Labute approximate surface area is 201 Å². The summed E-state index contributed by atoms with van der Waals surface area (Å²) in [6.45, 7) is 5.71. The van der Waals surface area contributed by atoms with Gasteiger partial charge < -0.3 is 15.5 Å². The molecule has 0 spiro atoms. The van der Waals surface area contributed by atoms with E-state index in [1.165, 1.54) is 38.5 Å². The summed E-state index contributed by atoms with van der Waals surface area (Å²) in [5, 5.41) is 6.68. The summed E-state index contributed by atoms with van der Waals surface area (Å²) < 4.78 is 1.85. The lowest BCUT2D eigenvalue weighted by molar-refractivity contribution is -0.124. The van der Waals surface area contributed by atoms with Crippen LogP contribution in [0.2, 0.25) is 0 Å². The van der Waals surface area contributed by atoms with Crippen LogP contribution in [0.15, 0.2) is 24.4 Å². The highest BCUT2D eigenvalue weighted by Gasteiger charge is 2.51. The molecule has 2 aromatic rings. The van der Waals surface area contributed by atoms with Crippen LogP contribution in [-0.4, -0.2) is 51.3 Å². The number of aromatic nitrogens is 2. The molecule has 7 nitrogen and oxygen atoms in total. The molecule has 2 N–H and O–H groups in total. The summed E-state index contributed by atoms with van der Waals surface area (Å²) in [6, 6.07) is 6.42. The number of pyridine rings is 1. The minimum atomic E-state index is -0.0393. The number of hydrogen-bond acceptors (Lipinski definition) is 4. The zero-order valence-electron chi connectivity index (χ0n) is 20.4. The number of likely N-dealkylation sites (tertiary alicyclic amines) is 1. The van der Waals surface area contributed by atoms with Crippen molar-refractivity contribution in [2.24, 2.45) is 23.2 Å². The molecule has 4 saturated carbocycles. The average Bonchev–Trinajstić information content (AvgIpc) is 3.39. The number of rotatable bonds is 6. The summed E-state index contributed by atoms with van der Waals surface area (Å²) >= 11 is 0. The molecule has 7 heteroatoms. The fourth-order valence-electron chi connectivity index (χ4n) is 7.96. The molecule has 1 saturated heterocycles. The average molecular weight is 464 g/mol. The molecular weight excluding hydrogens is 426 g/mol. The van der Waals surface area contributed by atoms with Crippen LogP contribution >= 0.6 is 0 Å². The SMILES string of the molecule is CC(C)N[C@@H]1CCN(C(=O)c2cn3c(NC(=O)CC45CC6CC(CC(C6)C4)C5)cccc3n2)C1. The number of carbonyl (C=O) groups is 2. The van der Waals surface area contributed by atoms with Crippen LogP contribution in [0.3, 0.4) is 0 Å². The fraction of sp³-hybridized carbons (Fsp3) is 0.667. The maximum Gasteiger partial charge on any atom is 0.274 e. The lowest BCUT2D eigenvalue weighted by Crippen LogP contribution is -2.47. The summed E-state index contributed by atoms with van der Waals surface area (Å²) in [5.74, 6) is 3.27. The van der Waals surface area contributed by atoms with E-state index in [1.54, 1.807) is 6.20 Å². The second-order valence-electron chi connectivity index (χ2n) is 12.0. The van der Waals surface area contributed by atoms with Gasteiger partial charge in [0.2, 0.25) is 5.91 Å². The zero-order chi connectivity index (χ0) is 23.4. The summed E-state index contributed by atoms with van der Waals surface area (Å²) in [5.41, 5.74) is 1.33. The van der Waals surface area contributed by atoms with Crippen molar-refractivity contribution in [2.75, 3.05) is 18.4 Å². The molecule has 1 aliphatic heterocycles. The molecule has 0 unspecified atom stereocenters. The summed E-state index contributed by atoms with van der Waals surface area (Å²) in [4.78, 5) is 32.8. The van der Waals surface area contributed by atoms with Gasteiger partial charge in [0.1, 0.15) is 17.2 Å². The van der Waals surface area contributed by atoms with Crippen molar-refractivity contribution in [3.8, 4) is 0 Å². The van der Waals surface area contributed by atoms with Crippen molar-refractivity contribution in [1.29, 1.82) is 0 Å². The standard InChI is InChI=1S/C27H37N5O2/c1-17(2)28-21-6-7-31(15-21)26(34)22-16-32-23(29-22)4-3-5-24(32)30-25(33)14-27-11-18-8-19(12-27)10-20(9-18)13-27/h3-5,16-21,28H,6-15H2,1-2H3,(H,30,33)/t18?,19?,20?,21-,27?/m1/s1. The fourth-order valence-corrected chi connectivity index (χ4v) is 7.96. The van der Waals surface area contributed by atoms with Crippen molar-refractivity contribution in [2.45, 2.75) is 77.3 Å². The molecule has 182 valence electrons. The van der Waals surface area contributed by atoms with E-state index in [1.807, 2.05) is 27.5 Å². The van der Waals surface area contributed by atoms with Gasteiger partial charge in [0, 0.05) is 37.8 Å². The first-order chi connectivity index (χ1) is 16.4. The third-order valence-electron chi connectivity index (χ3n) is 8.72. The van der Waals surface area contributed by atoms with Gasteiger partial charge in [-0.2, -0.15) is 0 Å². The Morgan fingerprint density at radius 3 is 2.50 bits per heavy atom. The maximum atomic E-state index is 13.2. The third kappa shape index (κ3) is 4.12. The Kier molecular flexibility index (Phi) is 5.43. The van der Waals surface area contributed by atoms with E-state index in [-0.39, 0.29) is 17.2 Å². The van der Waals surface area contributed by atoms with E-state index in [0.29, 0.717) is 42.2 Å². The molecule has 5 aliphatic rings. The molecule has 5 fully saturated rings. The predicted molar refractivity (Wildman–Crippen MR) is 132 cm³/mol. The van der Waals surface area contributed by atoms with Gasteiger partial charge >= 0.3 is 0 Å². The molecule has 1 atom stereocenters. The summed E-state index contributed by atoms with van der Waals surface area (Å²) in [7, 11) is 0. The highest BCUT2D eigenvalue weighted by molar-refractivity contribution is 5.94. The van der Waals surface area contributed by atoms with Crippen LogP contribution in [0.25, 0.3) is 5.65 Å². The van der Waals surface area contributed by atoms with Crippen LogP contribution in [0.1, 0.15) is 75.7 Å². The smallest absolute Gasteiger partial charge is 0.274 e. The molecule has 0 aromatic carbocycles. The Hall–Kier alpha value is -2.41. The second-order valence-corrected chi connectivity index (χ2v) is 12.0. The quantitative estimate of drug-likeness (QED) is 0.676. The molecule has 4 aliphatic carbocycles. The van der Waals surface area contributed by atoms with E-state index < -0.39 is 0 Å². The van der Waals surface area contributed by atoms with E-state index in [0.717, 1.165) is 30.7 Å². The molecule has 4 bridgehead atoms. The van der Waals surface area contributed by atoms with Gasteiger partial charge in [0.25, 0.3) is 5.91 Å². The molecule has 2 amide bonds. The van der Waals surface area contributed by atoms with Crippen LogP contribution in [-0.2, 0) is 4.79 Å². The van der Waals surface area contributed by atoms with Crippen molar-refractivity contribution >= 4 is 23.3 Å². The Bertz CT molecular complexity index is 1070.